The van der Waals surface area contributed by atoms with Gasteiger partial charge in [-0.2, -0.15) is 41.3 Å². The van der Waals surface area contributed by atoms with Crippen molar-refractivity contribution in [2.75, 3.05) is 0 Å². The van der Waals surface area contributed by atoms with E-state index in [9.17, 15) is 0 Å². The van der Waals surface area contributed by atoms with Crippen LogP contribution in [0.3, 0.4) is 0 Å². The third kappa shape index (κ3) is 9.30. The van der Waals surface area contributed by atoms with E-state index in [-0.39, 0.29) is 36.7 Å². The molecule has 0 spiro atoms. The van der Waals surface area contributed by atoms with Crippen molar-refractivity contribution in [3.63, 3.8) is 0 Å². The molecule has 228 valence electrons. The first-order valence-electron chi connectivity index (χ1n) is 16.0. The van der Waals surface area contributed by atoms with Crippen molar-refractivity contribution in [3.8, 4) is 11.1 Å². The molecule has 6 aromatic rings. The van der Waals surface area contributed by atoms with Gasteiger partial charge in [0.15, 0.2) is 0 Å². The van der Waals surface area contributed by atoms with Crippen LogP contribution in [0.5, 0.6) is 0 Å². The van der Waals surface area contributed by atoms with Gasteiger partial charge >= 0.3 is 0 Å². The van der Waals surface area contributed by atoms with E-state index >= 15 is 0 Å². The molecule has 1 aliphatic carbocycles. The summed E-state index contributed by atoms with van der Waals surface area (Å²) in [7, 11) is 0. The van der Waals surface area contributed by atoms with Gasteiger partial charge < -0.3 is 0 Å². The normalized spacial score (nSPS) is 11.7. The maximum atomic E-state index is 3.67. The first-order chi connectivity index (χ1) is 21.1. The summed E-state index contributed by atoms with van der Waals surface area (Å²) in [4.78, 5) is 0. The zero-order chi connectivity index (χ0) is 31.2. The average molecular weight is 753 g/mol. The Morgan fingerprint density at radius 1 is 0.600 bits per heavy atom. The Hall–Kier alpha value is -3.42. The summed E-state index contributed by atoms with van der Waals surface area (Å²) in [5.41, 5.74) is 11.5. The molecule has 1 aliphatic rings. The van der Waals surface area contributed by atoms with Gasteiger partial charge in [0.2, 0.25) is 0 Å². The molecule has 0 amide bonds. The van der Waals surface area contributed by atoms with Crippen molar-refractivity contribution in [1.82, 2.24) is 0 Å². The molecule has 0 fully saturated rings. The summed E-state index contributed by atoms with van der Waals surface area (Å²) < 4.78 is 0. The Bertz CT molecular complexity index is 1650. The van der Waals surface area contributed by atoms with Gasteiger partial charge in [0.25, 0.3) is 0 Å². The molecule has 0 aliphatic heterocycles. The summed E-state index contributed by atoms with van der Waals surface area (Å²) in [5, 5.41) is 2.66. The smallest absolute Gasteiger partial charge is 0 e. The second kappa shape index (κ2) is 15.2. The average Bonchev–Trinajstić information content (AvgIpc) is 3.65. The number of rotatable bonds is 3. The van der Waals surface area contributed by atoms with E-state index in [1.54, 1.807) is 0 Å². The van der Waals surface area contributed by atoms with E-state index in [1.807, 2.05) is 0 Å². The topological polar surface area (TPSA) is 0 Å². The van der Waals surface area contributed by atoms with Crippen LogP contribution in [-0.4, -0.2) is 0 Å². The molecule has 1 heteroatoms. The minimum Gasteiger partial charge on any atom is -0.175 e. The molecule has 0 heterocycles. The van der Waals surface area contributed by atoms with E-state index in [0.717, 1.165) is 19.3 Å². The summed E-state index contributed by atoms with van der Waals surface area (Å²) in [6, 6.07) is 51.1. The van der Waals surface area contributed by atoms with Crippen molar-refractivity contribution < 1.29 is 25.8 Å². The van der Waals surface area contributed by atoms with Crippen LogP contribution < -0.4 is 0 Å². The summed E-state index contributed by atoms with van der Waals surface area (Å²) in [6.45, 7) is 13.6. The van der Waals surface area contributed by atoms with Gasteiger partial charge in [-0.25, -0.2) is 0 Å². The maximum Gasteiger partial charge on any atom is 0 e. The Morgan fingerprint density at radius 3 is 1.76 bits per heavy atom. The molecule has 0 unspecified atom stereocenters. The number of fused-ring (bicyclic) bond motifs is 4. The summed E-state index contributed by atoms with van der Waals surface area (Å²) in [5.74, 6) is 0. The number of hydrogen-bond donors (Lipinski definition) is 0. The van der Waals surface area contributed by atoms with Gasteiger partial charge in [-0.3, -0.25) is 0 Å². The molecule has 0 aromatic heterocycles. The van der Waals surface area contributed by atoms with Crippen molar-refractivity contribution in [2.24, 2.45) is 0 Å². The number of benzene rings is 5. The van der Waals surface area contributed by atoms with Gasteiger partial charge in [-0.1, -0.05) is 132 Å². The molecule has 0 radical (unpaired) electrons. The van der Waals surface area contributed by atoms with Crippen molar-refractivity contribution in [1.29, 1.82) is 0 Å². The predicted molar refractivity (Wildman–Crippen MR) is 191 cm³/mol. The van der Waals surface area contributed by atoms with Gasteiger partial charge in [-0.15, -0.1) is 40.8 Å². The molecule has 0 nitrogen and oxygen atoms in total. The molecule has 7 rings (SSSR count). The van der Waals surface area contributed by atoms with E-state index in [1.165, 1.54) is 55.3 Å². The van der Waals surface area contributed by atoms with E-state index < -0.39 is 0 Å². The first kappa shape index (κ1) is 34.5. The maximum absolute atomic E-state index is 3.67. The molecule has 0 N–H and O–H groups in total. The fourth-order valence-electron chi connectivity index (χ4n) is 5.68. The second-order valence-electron chi connectivity index (χ2n) is 13.9. The van der Waals surface area contributed by atoms with Crippen molar-refractivity contribution in [3.05, 3.63) is 173 Å². The van der Waals surface area contributed by atoms with Crippen molar-refractivity contribution >= 4 is 10.8 Å². The van der Waals surface area contributed by atoms with Crippen LogP contribution in [0.2, 0.25) is 0 Å². The molecule has 0 saturated carbocycles. The Kier molecular flexibility index (Phi) is 11.7. The Labute approximate surface area is 290 Å². The largest absolute Gasteiger partial charge is 0.175 e. The van der Waals surface area contributed by atoms with Crippen LogP contribution in [-0.2, 0) is 55.9 Å². The quantitative estimate of drug-likeness (QED) is 0.125. The van der Waals surface area contributed by atoms with Crippen LogP contribution in [0.4, 0.5) is 0 Å². The molecule has 0 atom stereocenters. The Morgan fingerprint density at radius 2 is 1.18 bits per heavy atom. The first-order valence-corrected chi connectivity index (χ1v) is 16.0. The van der Waals surface area contributed by atoms with E-state index in [0.29, 0.717) is 0 Å². The number of aryl methyl sites for hydroxylation is 2. The van der Waals surface area contributed by atoms with Gasteiger partial charge in [-0.05, 0) is 52.3 Å². The zero-order valence-corrected chi connectivity index (χ0v) is 31.4. The fourth-order valence-corrected chi connectivity index (χ4v) is 5.68. The minimum absolute atomic E-state index is 0. The van der Waals surface area contributed by atoms with Crippen LogP contribution in [0, 0.1) is 6.07 Å². The van der Waals surface area contributed by atoms with Crippen LogP contribution >= 0.6 is 0 Å². The fraction of sp³-hybridized carbons (Fsp3) is 0.250. The standard InChI is InChI=1S/C21H25.C14H14.C9H7.Hf/c1-20(2,3)16-7-9-18-14(12-16)11-15-13-17(21(4,5)6)8-10-19(15)18;1-3-7-13(8-4-1)11-12-14-9-5-2-6-10-14;1-2-5-9-7-3-6-8(9)4-1;/h7-10,12H,11H2,1-6H3;1-10H,11-12H2;1-7H;/q-1;;-1;. The Balaban J connectivity index is 0.000000165. The monoisotopic (exact) mass is 754 g/mol. The molecular weight excluding hydrogens is 707 g/mol. The predicted octanol–water partition coefficient (Wildman–Crippen LogP) is 11.7. The molecular formula is C44H46Hf-2. The molecule has 45 heavy (non-hydrogen) atoms. The van der Waals surface area contributed by atoms with E-state index in [2.05, 4.69) is 181 Å². The molecule has 6 aromatic carbocycles. The van der Waals surface area contributed by atoms with Crippen LogP contribution in [0.15, 0.2) is 133 Å². The molecule has 0 bridgehead atoms. The van der Waals surface area contributed by atoms with Crippen molar-refractivity contribution in [2.45, 2.75) is 71.6 Å². The van der Waals surface area contributed by atoms with Gasteiger partial charge in [0.05, 0.1) is 0 Å². The van der Waals surface area contributed by atoms with E-state index in [4.69, 9.17) is 0 Å². The SMILES string of the molecule is CC(C)(C)c1[c-]c2c(cc1)-c1ccc(C(C)(C)C)cc1C2.[Hf].c1ccc(CCc2ccccc2)cc1.c1ccc2[cH-]ccc2c1. The second-order valence-corrected chi connectivity index (χ2v) is 13.9. The van der Waals surface area contributed by atoms with Gasteiger partial charge in [0.1, 0.15) is 0 Å². The third-order valence-corrected chi connectivity index (χ3v) is 8.40. The van der Waals surface area contributed by atoms with Gasteiger partial charge in [0, 0.05) is 25.8 Å². The number of hydrogen-bond acceptors (Lipinski definition) is 0. The van der Waals surface area contributed by atoms with Crippen LogP contribution in [0.1, 0.15) is 74.9 Å². The van der Waals surface area contributed by atoms with Crippen LogP contribution in [0.25, 0.3) is 21.9 Å². The molecule has 0 saturated heterocycles. The summed E-state index contributed by atoms with van der Waals surface area (Å²) >= 11 is 0. The third-order valence-electron chi connectivity index (χ3n) is 8.40. The summed E-state index contributed by atoms with van der Waals surface area (Å²) in [6.07, 6.45) is 3.29. The minimum atomic E-state index is 0. The zero-order valence-electron chi connectivity index (χ0n) is 27.8.